The smallest absolute Gasteiger partial charge is 0.217 e. The molecule has 5 nitrogen and oxygen atoms in total. The summed E-state index contributed by atoms with van der Waals surface area (Å²) < 4.78 is 28.7. The Morgan fingerprint density at radius 2 is 1.64 bits per heavy atom. The van der Waals surface area contributed by atoms with Crippen molar-refractivity contribution in [1.82, 2.24) is 0 Å². The van der Waals surface area contributed by atoms with Crippen molar-refractivity contribution in [3.63, 3.8) is 0 Å². The number of nitrogens with two attached hydrogens (primary N) is 1. The molecule has 0 saturated carbocycles. The summed E-state index contributed by atoms with van der Waals surface area (Å²) in [5.41, 5.74) is 5.09. The maximum atomic E-state index is 11.4. The second kappa shape index (κ2) is 10.2. The molecule has 0 aromatic rings. The van der Waals surface area contributed by atoms with E-state index in [0.29, 0.717) is 19.3 Å². The van der Waals surface area contributed by atoms with Crippen LogP contribution in [0.5, 0.6) is 0 Å². The Morgan fingerprint density at radius 1 is 1.09 bits per heavy atom. The van der Waals surface area contributed by atoms with E-state index in [1.807, 2.05) is 0 Å². The van der Waals surface area contributed by atoms with Gasteiger partial charge in [0.15, 0.2) is 9.84 Å². The minimum atomic E-state index is -2.80. The molecule has 1 fully saturated rings. The first kappa shape index (κ1) is 19.4. The highest BCUT2D eigenvalue weighted by Crippen LogP contribution is 2.19. The average molecular weight is 333 g/mol. The molecular weight excluding hydrogens is 302 g/mol. The Labute approximate surface area is 134 Å². The number of hydrogen-bond donors (Lipinski definition) is 1. The minimum absolute atomic E-state index is 0.118. The van der Waals surface area contributed by atoms with Crippen LogP contribution >= 0.6 is 0 Å². The maximum absolute atomic E-state index is 11.4. The predicted octanol–water partition coefficient (Wildman–Crippen LogP) is 2.57. The normalized spacial score (nSPS) is 19.9. The summed E-state index contributed by atoms with van der Waals surface area (Å²) in [6.07, 6.45) is 9.80. The standard InChI is InChI=1S/C16H31NO4S/c1-14(21-15-10-12-22(19,20)13-11-15)8-6-4-2-3-5-7-9-16(17)18/h14-15H,2-13H2,1H3,(H2,17,18). The molecule has 0 aromatic heterocycles. The van der Waals surface area contributed by atoms with Crippen LogP contribution in [-0.2, 0) is 19.4 Å². The molecule has 0 bridgehead atoms. The van der Waals surface area contributed by atoms with Gasteiger partial charge in [0.2, 0.25) is 5.91 Å². The highest BCUT2D eigenvalue weighted by Gasteiger charge is 2.25. The quantitative estimate of drug-likeness (QED) is 0.589. The molecule has 0 radical (unpaired) electrons. The maximum Gasteiger partial charge on any atom is 0.217 e. The number of amides is 1. The van der Waals surface area contributed by atoms with Crippen LogP contribution in [0.25, 0.3) is 0 Å². The largest absolute Gasteiger partial charge is 0.375 e. The van der Waals surface area contributed by atoms with Crippen LogP contribution in [0.15, 0.2) is 0 Å². The fourth-order valence-corrected chi connectivity index (χ4v) is 4.29. The zero-order chi connectivity index (χ0) is 16.4. The first-order valence-corrected chi connectivity index (χ1v) is 10.4. The molecule has 0 aromatic carbocycles. The number of primary amides is 1. The van der Waals surface area contributed by atoms with Gasteiger partial charge in [-0.3, -0.25) is 4.79 Å². The van der Waals surface area contributed by atoms with E-state index in [1.165, 1.54) is 12.8 Å². The third-order valence-corrected chi connectivity index (χ3v) is 5.93. The van der Waals surface area contributed by atoms with Gasteiger partial charge in [0, 0.05) is 6.42 Å². The fraction of sp³-hybridized carbons (Fsp3) is 0.938. The van der Waals surface area contributed by atoms with Crippen molar-refractivity contribution in [3.8, 4) is 0 Å². The Kier molecular flexibility index (Phi) is 9.02. The molecule has 1 saturated heterocycles. The lowest BCUT2D eigenvalue weighted by molar-refractivity contribution is -0.118. The molecule has 1 rings (SSSR count). The van der Waals surface area contributed by atoms with Crippen molar-refractivity contribution in [1.29, 1.82) is 0 Å². The Balaban J connectivity index is 1.95. The lowest BCUT2D eigenvalue weighted by Gasteiger charge is -2.25. The van der Waals surface area contributed by atoms with E-state index in [2.05, 4.69) is 6.92 Å². The summed E-state index contributed by atoms with van der Waals surface area (Å²) in [5.74, 6) is 0.340. The number of sulfone groups is 1. The van der Waals surface area contributed by atoms with E-state index >= 15 is 0 Å². The SMILES string of the molecule is CC(CCCCCCCCC(N)=O)OC1CCS(=O)(=O)CC1. The van der Waals surface area contributed by atoms with Crippen LogP contribution in [-0.4, -0.2) is 38.0 Å². The molecule has 1 heterocycles. The lowest BCUT2D eigenvalue weighted by atomic mass is 10.1. The van der Waals surface area contributed by atoms with Crippen molar-refractivity contribution in [2.45, 2.75) is 83.3 Å². The van der Waals surface area contributed by atoms with E-state index in [9.17, 15) is 13.2 Å². The van der Waals surface area contributed by atoms with Gasteiger partial charge in [-0.05, 0) is 32.6 Å². The zero-order valence-electron chi connectivity index (χ0n) is 13.8. The Morgan fingerprint density at radius 3 is 2.23 bits per heavy atom. The van der Waals surface area contributed by atoms with Gasteiger partial charge in [-0.25, -0.2) is 8.42 Å². The predicted molar refractivity (Wildman–Crippen MR) is 88.4 cm³/mol. The first-order chi connectivity index (χ1) is 10.4. The Hall–Kier alpha value is -0.620. The van der Waals surface area contributed by atoms with Gasteiger partial charge in [0.05, 0.1) is 23.7 Å². The van der Waals surface area contributed by atoms with Crippen molar-refractivity contribution in [2.24, 2.45) is 5.73 Å². The molecular formula is C16H31NO4S. The van der Waals surface area contributed by atoms with Crippen LogP contribution in [0.2, 0.25) is 0 Å². The van der Waals surface area contributed by atoms with Crippen LogP contribution < -0.4 is 5.73 Å². The molecule has 2 N–H and O–H groups in total. The van der Waals surface area contributed by atoms with Gasteiger partial charge < -0.3 is 10.5 Å². The van der Waals surface area contributed by atoms with Crippen LogP contribution in [0.3, 0.4) is 0 Å². The molecule has 1 aliphatic heterocycles. The topological polar surface area (TPSA) is 86.5 Å². The number of carbonyl (C=O) groups is 1. The van der Waals surface area contributed by atoms with E-state index in [0.717, 1.165) is 32.1 Å². The van der Waals surface area contributed by atoms with E-state index in [4.69, 9.17) is 10.5 Å². The monoisotopic (exact) mass is 333 g/mol. The average Bonchev–Trinajstić information content (AvgIpc) is 2.44. The third kappa shape index (κ3) is 9.41. The summed E-state index contributed by atoms with van der Waals surface area (Å²) in [6, 6.07) is 0. The molecule has 1 amide bonds. The molecule has 0 aliphatic carbocycles. The number of rotatable bonds is 11. The fourth-order valence-electron chi connectivity index (χ4n) is 2.84. The van der Waals surface area contributed by atoms with Crippen LogP contribution in [0.4, 0.5) is 0 Å². The number of ether oxygens (including phenoxy) is 1. The van der Waals surface area contributed by atoms with E-state index in [-0.39, 0.29) is 29.6 Å². The van der Waals surface area contributed by atoms with Crippen molar-refractivity contribution >= 4 is 15.7 Å². The number of unbranched alkanes of at least 4 members (excludes halogenated alkanes) is 5. The minimum Gasteiger partial charge on any atom is -0.375 e. The summed E-state index contributed by atoms with van der Waals surface area (Å²) in [4.78, 5) is 10.6. The van der Waals surface area contributed by atoms with Gasteiger partial charge >= 0.3 is 0 Å². The molecule has 1 unspecified atom stereocenters. The molecule has 6 heteroatoms. The van der Waals surface area contributed by atoms with Crippen molar-refractivity contribution < 1.29 is 17.9 Å². The summed E-state index contributed by atoms with van der Waals surface area (Å²) in [7, 11) is -2.80. The molecule has 0 spiro atoms. The summed E-state index contributed by atoms with van der Waals surface area (Å²) in [5, 5.41) is 0. The lowest BCUT2D eigenvalue weighted by Crippen LogP contribution is -2.31. The summed E-state index contributed by atoms with van der Waals surface area (Å²) in [6.45, 7) is 2.08. The third-order valence-electron chi connectivity index (χ3n) is 4.21. The first-order valence-electron chi connectivity index (χ1n) is 8.53. The zero-order valence-corrected chi connectivity index (χ0v) is 14.6. The molecule has 1 atom stereocenters. The second-order valence-electron chi connectivity index (χ2n) is 6.42. The van der Waals surface area contributed by atoms with Gasteiger partial charge in [-0.2, -0.15) is 0 Å². The number of hydrogen-bond acceptors (Lipinski definition) is 4. The molecule has 22 heavy (non-hydrogen) atoms. The van der Waals surface area contributed by atoms with Crippen LogP contribution in [0.1, 0.15) is 71.1 Å². The van der Waals surface area contributed by atoms with Crippen LogP contribution in [0, 0.1) is 0 Å². The molecule has 1 aliphatic rings. The van der Waals surface area contributed by atoms with Gasteiger partial charge in [-0.1, -0.05) is 32.1 Å². The summed E-state index contributed by atoms with van der Waals surface area (Å²) >= 11 is 0. The van der Waals surface area contributed by atoms with Gasteiger partial charge in [0.1, 0.15) is 0 Å². The van der Waals surface area contributed by atoms with Gasteiger partial charge in [-0.15, -0.1) is 0 Å². The molecule has 130 valence electrons. The van der Waals surface area contributed by atoms with E-state index < -0.39 is 9.84 Å². The second-order valence-corrected chi connectivity index (χ2v) is 8.73. The Bertz CT molecular complexity index is 408. The highest BCUT2D eigenvalue weighted by atomic mass is 32.2. The van der Waals surface area contributed by atoms with Gasteiger partial charge in [0.25, 0.3) is 0 Å². The van der Waals surface area contributed by atoms with Crippen molar-refractivity contribution in [2.75, 3.05) is 11.5 Å². The highest BCUT2D eigenvalue weighted by molar-refractivity contribution is 7.91. The number of carbonyl (C=O) groups excluding carboxylic acids is 1. The van der Waals surface area contributed by atoms with E-state index in [1.54, 1.807) is 0 Å². The van der Waals surface area contributed by atoms with Crippen molar-refractivity contribution in [3.05, 3.63) is 0 Å².